The minimum atomic E-state index is 0.183. The molecule has 0 saturated heterocycles. The summed E-state index contributed by atoms with van der Waals surface area (Å²) in [5.74, 6) is 1.52. The van der Waals surface area contributed by atoms with Crippen LogP contribution in [0.5, 0.6) is 5.88 Å². The SMILES string of the molecule is Cc1nc(NC2CCC(Oc3ccc(C#N)cn3)CC2)ccc1Br. The van der Waals surface area contributed by atoms with E-state index in [-0.39, 0.29) is 6.10 Å². The fourth-order valence-corrected chi connectivity index (χ4v) is 3.07. The van der Waals surface area contributed by atoms with Gasteiger partial charge < -0.3 is 10.1 Å². The van der Waals surface area contributed by atoms with Gasteiger partial charge in [0.05, 0.1) is 11.3 Å². The zero-order valence-electron chi connectivity index (χ0n) is 13.5. The van der Waals surface area contributed by atoms with Crippen molar-refractivity contribution in [1.82, 2.24) is 9.97 Å². The maximum Gasteiger partial charge on any atom is 0.213 e. The van der Waals surface area contributed by atoms with E-state index in [1.807, 2.05) is 19.1 Å². The third kappa shape index (κ3) is 4.24. The zero-order valence-corrected chi connectivity index (χ0v) is 15.1. The number of ether oxygens (including phenoxy) is 1. The number of hydrogen-bond acceptors (Lipinski definition) is 5. The van der Waals surface area contributed by atoms with Crippen LogP contribution in [0.1, 0.15) is 36.9 Å². The number of hydrogen-bond donors (Lipinski definition) is 1. The fourth-order valence-electron chi connectivity index (χ4n) is 2.85. The van der Waals surface area contributed by atoms with Crippen LogP contribution in [-0.4, -0.2) is 22.1 Å². The lowest BCUT2D eigenvalue weighted by molar-refractivity contribution is 0.144. The van der Waals surface area contributed by atoms with Gasteiger partial charge in [-0.2, -0.15) is 5.26 Å². The van der Waals surface area contributed by atoms with Crippen molar-refractivity contribution in [3.8, 4) is 11.9 Å². The summed E-state index contributed by atoms with van der Waals surface area (Å²) in [5.41, 5.74) is 1.54. The Labute approximate surface area is 150 Å². The molecular weight excluding hydrogens is 368 g/mol. The van der Waals surface area contributed by atoms with Crippen LogP contribution >= 0.6 is 15.9 Å². The first kappa shape index (κ1) is 16.7. The van der Waals surface area contributed by atoms with Gasteiger partial charge in [0.15, 0.2) is 0 Å². The third-order valence-corrected chi connectivity index (χ3v) is 5.04. The second-order valence-corrected chi connectivity index (χ2v) is 6.85. The number of pyridine rings is 2. The second-order valence-electron chi connectivity index (χ2n) is 6.00. The zero-order chi connectivity index (χ0) is 16.9. The van der Waals surface area contributed by atoms with Crippen LogP contribution < -0.4 is 10.1 Å². The number of aryl methyl sites for hydroxylation is 1. The van der Waals surface area contributed by atoms with Crippen molar-refractivity contribution in [3.63, 3.8) is 0 Å². The topological polar surface area (TPSA) is 70.8 Å². The van der Waals surface area contributed by atoms with Gasteiger partial charge in [0.2, 0.25) is 5.88 Å². The molecule has 0 amide bonds. The van der Waals surface area contributed by atoms with E-state index in [0.29, 0.717) is 17.5 Å². The molecule has 2 aromatic heterocycles. The normalized spacial score (nSPS) is 20.2. The molecule has 0 unspecified atom stereocenters. The van der Waals surface area contributed by atoms with Crippen LogP contribution in [0.3, 0.4) is 0 Å². The van der Waals surface area contributed by atoms with Crippen LogP contribution in [0.2, 0.25) is 0 Å². The molecule has 1 aliphatic rings. The molecule has 24 heavy (non-hydrogen) atoms. The van der Waals surface area contributed by atoms with Crippen molar-refractivity contribution in [2.45, 2.75) is 44.8 Å². The average molecular weight is 387 g/mol. The number of aromatic nitrogens is 2. The fraction of sp³-hybridized carbons (Fsp3) is 0.389. The van der Waals surface area contributed by atoms with E-state index in [1.54, 1.807) is 18.3 Å². The predicted octanol–water partition coefficient (Wildman–Crippen LogP) is 4.22. The molecule has 0 aromatic carbocycles. The standard InChI is InChI=1S/C18H19BrN4O/c1-12-16(19)7-8-17(22-12)23-14-3-5-15(6-4-14)24-18-9-2-13(10-20)11-21-18/h2,7-9,11,14-15H,3-6H2,1H3,(H,22,23). The van der Waals surface area contributed by atoms with Crippen molar-refractivity contribution >= 4 is 21.7 Å². The van der Waals surface area contributed by atoms with E-state index < -0.39 is 0 Å². The van der Waals surface area contributed by atoms with Crippen LogP contribution in [0.25, 0.3) is 0 Å². The van der Waals surface area contributed by atoms with E-state index in [0.717, 1.165) is 41.7 Å². The summed E-state index contributed by atoms with van der Waals surface area (Å²) in [6.07, 6.45) is 5.77. The Morgan fingerprint density at radius 1 is 1.21 bits per heavy atom. The summed E-state index contributed by atoms with van der Waals surface area (Å²) in [4.78, 5) is 8.72. The number of nitrogens with one attached hydrogen (secondary N) is 1. The molecule has 6 heteroatoms. The molecule has 0 bridgehead atoms. The van der Waals surface area contributed by atoms with Gasteiger partial charge in [-0.25, -0.2) is 9.97 Å². The predicted molar refractivity (Wildman–Crippen MR) is 95.9 cm³/mol. The Hall–Kier alpha value is -2.13. The first-order valence-corrected chi connectivity index (χ1v) is 8.86. The van der Waals surface area contributed by atoms with Gasteiger partial charge in [0.25, 0.3) is 0 Å². The molecule has 2 aromatic rings. The molecule has 1 fully saturated rings. The highest BCUT2D eigenvalue weighted by molar-refractivity contribution is 9.10. The highest BCUT2D eigenvalue weighted by Gasteiger charge is 2.23. The minimum Gasteiger partial charge on any atom is -0.474 e. The smallest absolute Gasteiger partial charge is 0.213 e. The number of nitriles is 1. The van der Waals surface area contributed by atoms with E-state index in [1.165, 1.54) is 0 Å². The summed E-state index contributed by atoms with van der Waals surface area (Å²) in [6, 6.07) is 10.0. The Morgan fingerprint density at radius 2 is 2.00 bits per heavy atom. The molecule has 5 nitrogen and oxygen atoms in total. The Bertz CT molecular complexity index is 734. The lowest BCUT2D eigenvalue weighted by Crippen LogP contribution is -2.31. The molecule has 0 spiro atoms. The van der Waals surface area contributed by atoms with Gasteiger partial charge in [-0.1, -0.05) is 0 Å². The first-order valence-electron chi connectivity index (χ1n) is 8.06. The van der Waals surface area contributed by atoms with Crippen molar-refractivity contribution < 1.29 is 4.74 Å². The summed E-state index contributed by atoms with van der Waals surface area (Å²) in [6.45, 7) is 1.99. The molecule has 1 saturated carbocycles. The number of rotatable bonds is 4. The molecule has 124 valence electrons. The van der Waals surface area contributed by atoms with Gasteiger partial charge in [-0.15, -0.1) is 0 Å². The van der Waals surface area contributed by atoms with Crippen molar-refractivity contribution in [3.05, 3.63) is 46.2 Å². The maximum absolute atomic E-state index is 8.79. The van der Waals surface area contributed by atoms with Crippen molar-refractivity contribution in [1.29, 1.82) is 5.26 Å². The molecule has 3 rings (SSSR count). The average Bonchev–Trinajstić information content (AvgIpc) is 2.61. The van der Waals surface area contributed by atoms with Gasteiger partial charge in [-0.05, 0) is 66.7 Å². The van der Waals surface area contributed by atoms with E-state index in [9.17, 15) is 0 Å². The molecule has 1 N–H and O–H groups in total. The number of halogens is 1. The summed E-state index contributed by atoms with van der Waals surface area (Å²) in [7, 11) is 0. The van der Waals surface area contributed by atoms with Crippen LogP contribution in [0.4, 0.5) is 5.82 Å². The minimum absolute atomic E-state index is 0.183. The Morgan fingerprint density at radius 3 is 2.62 bits per heavy atom. The van der Waals surface area contributed by atoms with Gasteiger partial charge >= 0.3 is 0 Å². The number of anilines is 1. The molecule has 2 heterocycles. The highest BCUT2D eigenvalue weighted by atomic mass is 79.9. The van der Waals surface area contributed by atoms with Crippen LogP contribution in [0.15, 0.2) is 34.9 Å². The van der Waals surface area contributed by atoms with Crippen molar-refractivity contribution in [2.24, 2.45) is 0 Å². The summed E-state index contributed by atoms with van der Waals surface area (Å²) >= 11 is 3.47. The largest absolute Gasteiger partial charge is 0.474 e. The molecule has 1 aliphatic carbocycles. The second kappa shape index (κ2) is 7.63. The lowest BCUT2D eigenvalue weighted by Gasteiger charge is -2.29. The van der Waals surface area contributed by atoms with E-state index in [2.05, 4.69) is 37.3 Å². The molecule has 0 aliphatic heterocycles. The first-order chi connectivity index (χ1) is 11.6. The third-order valence-electron chi connectivity index (χ3n) is 4.20. The summed E-state index contributed by atoms with van der Waals surface area (Å²) < 4.78 is 6.95. The number of nitrogens with zero attached hydrogens (tertiary/aromatic N) is 3. The quantitative estimate of drug-likeness (QED) is 0.851. The molecule has 0 radical (unpaired) electrons. The Balaban J connectivity index is 1.50. The Kier molecular flexibility index (Phi) is 5.31. The lowest BCUT2D eigenvalue weighted by atomic mass is 9.93. The van der Waals surface area contributed by atoms with Gasteiger partial charge in [0.1, 0.15) is 18.0 Å². The van der Waals surface area contributed by atoms with Crippen LogP contribution in [0, 0.1) is 18.3 Å². The van der Waals surface area contributed by atoms with Gasteiger partial charge in [-0.3, -0.25) is 0 Å². The van der Waals surface area contributed by atoms with E-state index in [4.69, 9.17) is 10.00 Å². The molecular formula is C18H19BrN4O. The summed E-state index contributed by atoms with van der Waals surface area (Å²) in [5, 5.41) is 12.3. The monoisotopic (exact) mass is 386 g/mol. The molecule has 0 atom stereocenters. The van der Waals surface area contributed by atoms with Crippen LogP contribution in [-0.2, 0) is 0 Å². The van der Waals surface area contributed by atoms with Gasteiger partial charge in [0, 0.05) is 22.8 Å². The van der Waals surface area contributed by atoms with E-state index >= 15 is 0 Å². The highest BCUT2D eigenvalue weighted by Crippen LogP contribution is 2.25. The van der Waals surface area contributed by atoms with Crippen molar-refractivity contribution in [2.75, 3.05) is 5.32 Å². The maximum atomic E-state index is 8.79.